The van der Waals surface area contributed by atoms with Crippen molar-refractivity contribution in [1.82, 2.24) is 0 Å². The lowest BCUT2D eigenvalue weighted by molar-refractivity contribution is 0.598. The molecule has 1 nitrogen and oxygen atoms in total. The molecule has 0 aromatic heterocycles. The van der Waals surface area contributed by atoms with Crippen molar-refractivity contribution in [2.45, 2.75) is 6.42 Å². The zero-order chi connectivity index (χ0) is 12.5. The summed E-state index contributed by atoms with van der Waals surface area (Å²) in [6.07, 6.45) is 1.98. The van der Waals surface area contributed by atoms with Crippen LogP contribution in [0.5, 0.6) is 0 Å². The number of hydrogen-bond donors (Lipinski definition) is 1. The van der Waals surface area contributed by atoms with Crippen molar-refractivity contribution >= 4 is 69.1 Å². The van der Waals surface area contributed by atoms with Crippen molar-refractivity contribution in [2.24, 2.45) is 0 Å². The molecule has 0 aliphatic rings. The monoisotopic (exact) mass is 334 g/mol. The van der Waals surface area contributed by atoms with Crippen molar-refractivity contribution in [1.29, 1.82) is 0 Å². The summed E-state index contributed by atoms with van der Waals surface area (Å²) in [5.74, 6) is 0. The number of allylic oxidation sites excluding steroid dienone is 1. The molecule has 1 rings (SSSR count). The second kappa shape index (κ2) is 5.49. The zero-order valence-electron chi connectivity index (χ0n) is 7.91. The molecule has 0 saturated carbocycles. The van der Waals surface area contributed by atoms with Gasteiger partial charge in [0.05, 0.1) is 10.0 Å². The molecule has 0 amide bonds. The maximum atomic E-state index is 9.74. The van der Waals surface area contributed by atoms with E-state index in [1.165, 1.54) is 6.07 Å². The highest BCUT2D eigenvalue weighted by atomic mass is 35.7. The van der Waals surface area contributed by atoms with Crippen molar-refractivity contribution in [2.75, 3.05) is 0 Å². The van der Waals surface area contributed by atoms with Gasteiger partial charge < -0.3 is 4.80 Å². The summed E-state index contributed by atoms with van der Waals surface area (Å²) in [5.41, 5.74) is 0.522. The Morgan fingerprint density at radius 3 is 2.25 bits per heavy atom. The molecule has 1 aromatic rings. The second-order valence-corrected chi connectivity index (χ2v) is 9.68. The fourth-order valence-electron chi connectivity index (χ4n) is 1.31. The van der Waals surface area contributed by atoms with Crippen molar-refractivity contribution in [3.8, 4) is 0 Å². The molecule has 0 aliphatic carbocycles. The normalized spacial score (nSPS) is 11.6. The average Bonchev–Trinajstić information content (AvgIpc) is 2.11. The van der Waals surface area contributed by atoms with Gasteiger partial charge in [0.15, 0.2) is 0 Å². The van der Waals surface area contributed by atoms with Gasteiger partial charge in [-0.25, -0.2) is 0 Å². The van der Waals surface area contributed by atoms with E-state index in [0.717, 1.165) is 0 Å². The summed E-state index contributed by atoms with van der Waals surface area (Å²) in [6.45, 7) is -0.00996. The summed E-state index contributed by atoms with van der Waals surface area (Å²) in [7, 11) is 0. The van der Waals surface area contributed by atoms with E-state index < -0.39 is 6.94 Å². The Balaban J connectivity index is 3.57. The molecule has 1 N–H and O–H groups in total. The molecule has 0 spiro atoms. The summed E-state index contributed by atoms with van der Waals surface area (Å²) >= 11 is 29.4. The maximum absolute atomic E-state index is 9.74. The van der Waals surface area contributed by atoms with E-state index in [1.807, 2.05) is 0 Å². The lowest BCUT2D eigenvalue weighted by Gasteiger charge is -2.17. The van der Waals surface area contributed by atoms with Crippen molar-refractivity contribution in [3.05, 3.63) is 39.4 Å². The van der Waals surface area contributed by atoms with Crippen LogP contribution >= 0.6 is 57.0 Å². The molecule has 0 saturated heterocycles. The van der Waals surface area contributed by atoms with Gasteiger partial charge in [-0.15, -0.1) is 28.7 Å². The SMILES string of the molecule is C=CCc1c(Cl)c(Cl)cc(Cl)c1[Si](O)(Cl)Cl. The van der Waals surface area contributed by atoms with Crippen LogP contribution in [-0.4, -0.2) is 11.7 Å². The van der Waals surface area contributed by atoms with Gasteiger partial charge in [0.25, 0.3) is 0 Å². The minimum absolute atomic E-state index is 0.213. The highest BCUT2D eigenvalue weighted by molar-refractivity contribution is 7.47. The van der Waals surface area contributed by atoms with E-state index in [4.69, 9.17) is 57.0 Å². The van der Waals surface area contributed by atoms with Crippen molar-refractivity contribution < 1.29 is 4.80 Å². The predicted octanol–water partition coefficient (Wildman–Crippen LogP) is 3.99. The minimum Gasteiger partial charge on any atom is -0.405 e. The second-order valence-electron chi connectivity index (χ2n) is 3.04. The Kier molecular flexibility index (Phi) is 5.02. The molecule has 16 heavy (non-hydrogen) atoms. The first kappa shape index (κ1) is 14.6. The lowest BCUT2D eigenvalue weighted by Crippen LogP contribution is -2.40. The molecule has 0 aliphatic heterocycles. The van der Waals surface area contributed by atoms with Crippen LogP contribution < -0.4 is 5.19 Å². The van der Waals surface area contributed by atoms with Gasteiger partial charge in [-0.1, -0.05) is 40.9 Å². The molecular formula is C9H7Cl5OSi. The zero-order valence-corrected chi connectivity index (χ0v) is 12.7. The summed E-state index contributed by atoms with van der Waals surface area (Å²) in [6, 6.07) is 1.41. The molecule has 0 bridgehead atoms. The van der Waals surface area contributed by atoms with E-state index in [9.17, 15) is 4.80 Å². The Bertz CT molecular complexity index is 427. The van der Waals surface area contributed by atoms with Gasteiger partial charge in [-0.3, -0.25) is 0 Å². The Morgan fingerprint density at radius 2 is 1.81 bits per heavy atom. The quantitative estimate of drug-likeness (QED) is 0.383. The third kappa shape index (κ3) is 3.08. The Hall–Kier alpha value is 0.587. The van der Waals surface area contributed by atoms with Crippen LogP contribution in [0.1, 0.15) is 5.56 Å². The van der Waals surface area contributed by atoms with Gasteiger partial charge in [0, 0.05) is 10.2 Å². The molecule has 0 radical (unpaired) electrons. The average molecular weight is 337 g/mol. The number of benzene rings is 1. The van der Waals surface area contributed by atoms with Crippen LogP contribution in [0.2, 0.25) is 15.1 Å². The highest BCUT2D eigenvalue weighted by Gasteiger charge is 2.35. The van der Waals surface area contributed by atoms with Gasteiger partial charge in [-0.2, -0.15) is 0 Å². The van der Waals surface area contributed by atoms with Gasteiger partial charge in [-0.05, 0) is 18.1 Å². The van der Waals surface area contributed by atoms with Crippen LogP contribution in [-0.2, 0) is 6.42 Å². The summed E-state index contributed by atoms with van der Waals surface area (Å²) in [5, 5.41) is 1.06. The van der Waals surface area contributed by atoms with Gasteiger partial charge >= 0.3 is 6.94 Å². The minimum atomic E-state index is -3.59. The molecule has 0 fully saturated rings. The van der Waals surface area contributed by atoms with Crippen LogP contribution in [0.3, 0.4) is 0 Å². The van der Waals surface area contributed by atoms with Crippen LogP contribution in [0.4, 0.5) is 0 Å². The largest absolute Gasteiger partial charge is 0.422 e. The topological polar surface area (TPSA) is 20.2 Å². The lowest BCUT2D eigenvalue weighted by atomic mass is 10.1. The summed E-state index contributed by atoms with van der Waals surface area (Å²) in [4.78, 5) is 9.74. The molecule has 88 valence electrons. The predicted molar refractivity (Wildman–Crippen MR) is 74.7 cm³/mol. The van der Waals surface area contributed by atoms with Crippen molar-refractivity contribution in [3.63, 3.8) is 0 Å². The molecule has 7 heteroatoms. The first-order valence-electron chi connectivity index (χ1n) is 4.17. The molecule has 0 heterocycles. The molecule has 0 atom stereocenters. The van der Waals surface area contributed by atoms with Crippen LogP contribution in [0.25, 0.3) is 0 Å². The first-order chi connectivity index (χ1) is 7.29. The van der Waals surface area contributed by atoms with E-state index in [1.54, 1.807) is 6.08 Å². The van der Waals surface area contributed by atoms with Crippen LogP contribution in [0, 0.1) is 0 Å². The fraction of sp³-hybridized carbons (Fsp3) is 0.111. The van der Waals surface area contributed by atoms with Gasteiger partial charge in [0.2, 0.25) is 0 Å². The van der Waals surface area contributed by atoms with Gasteiger partial charge in [0.1, 0.15) is 0 Å². The molecule has 0 unspecified atom stereocenters. The fourth-order valence-corrected chi connectivity index (χ4v) is 5.06. The number of hydrogen-bond acceptors (Lipinski definition) is 1. The van der Waals surface area contributed by atoms with Crippen LogP contribution in [0.15, 0.2) is 18.7 Å². The van der Waals surface area contributed by atoms with E-state index in [2.05, 4.69) is 6.58 Å². The smallest absolute Gasteiger partial charge is 0.405 e. The third-order valence-electron chi connectivity index (χ3n) is 1.92. The van der Waals surface area contributed by atoms with E-state index in [-0.39, 0.29) is 15.2 Å². The number of rotatable bonds is 3. The summed E-state index contributed by atoms with van der Waals surface area (Å²) < 4.78 is 0. The first-order valence-corrected chi connectivity index (χ1v) is 9.27. The third-order valence-corrected chi connectivity index (χ3v) is 5.51. The van der Waals surface area contributed by atoms with E-state index >= 15 is 0 Å². The molecule has 1 aromatic carbocycles. The number of halogens is 5. The Labute approximate surface area is 119 Å². The standard InChI is InChI=1S/C9H7Cl5OSi/c1-2-3-5-8(12)6(10)4-7(11)9(5)16(13,14)15/h2,4,15H,1,3H2. The highest BCUT2D eigenvalue weighted by Crippen LogP contribution is 2.32. The Morgan fingerprint density at radius 1 is 1.25 bits per heavy atom. The maximum Gasteiger partial charge on any atom is 0.422 e. The molecular weight excluding hydrogens is 329 g/mol. The van der Waals surface area contributed by atoms with E-state index in [0.29, 0.717) is 17.0 Å².